The third kappa shape index (κ3) is 3.03. The predicted octanol–water partition coefficient (Wildman–Crippen LogP) is 0.883. The van der Waals surface area contributed by atoms with Crippen LogP contribution in [0.15, 0.2) is 18.5 Å². The molecule has 0 radical (unpaired) electrons. The number of carbonyl (C=O) groups is 1. The molecule has 0 amide bonds. The van der Waals surface area contributed by atoms with E-state index in [1.807, 2.05) is 0 Å². The van der Waals surface area contributed by atoms with Gasteiger partial charge in [0.2, 0.25) is 0 Å². The van der Waals surface area contributed by atoms with Gasteiger partial charge in [-0.25, -0.2) is 8.42 Å². The van der Waals surface area contributed by atoms with E-state index in [0.29, 0.717) is 18.4 Å². The molecule has 1 aliphatic rings. The first-order valence-corrected chi connectivity index (χ1v) is 7.29. The molecule has 5 nitrogen and oxygen atoms in total. The van der Waals surface area contributed by atoms with Crippen molar-refractivity contribution >= 4 is 21.8 Å². The molecule has 0 atom stereocenters. The zero-order valence-electron chi connectivity index (χ0n) is 9.30. The molecule has 0 bridgehead atoms. The summed E-state index contributed by atoms with van der Waals surface area (Å²) >= 11 is 0. The maximum Gasteiger partial charge on any atom is 0.153 e. The van der Waals surface area contributed by atoms with Gasteiger partial charge in [0.05, 0.1) is 17.1 Å². The summed E-state index contributed by atoms with van der Waals surface area (Å²) in [4.78, 5) is 14.7. The van der Waals surface area contributed by atoms with Gasteiger partial charge in [0, 0.05) is 24.1 Å². The van der Waals surface area contributed by atoms with Gasteiger partial charge in [0.15, 0.2) is 6.29 Å². The van der Waals surface area contributed by atoms with Crippen LogP contribution in [0.4, 0.5) is 5.69 Å². The number of nitrogens with zero attached hydrogens (tertiary/aromatic N) is 1. The van der Waals surface area contributed by atoms with E-state index in [-0.39, 0.29) is 17.5 Å². The number of hydrogen-bond donors (Lipinski definition) is 1. The van der Waals surface area contributed by atoms with Crippen molar-refractivity contribution in [2.45, 2.75) is 18.9 Å². The molecule has 17 heavy (non-hydrogen) atoms. The molecule has 92 valence electrons. The highest BCUT2D eigenvalue weighted by Gasteiger charge is 2.23. The summed E-state index contributed by atoms with van der Waals surface area (Å²) in [6.07, 6.45) is 5.02. The molecule has 2 heterocycles. The van der Waals surface area contributed by atoms with Crippen LogP contribution in [0, 0.1) is 0 Å². The van der Waals surface area contributed by atoms with E-state index < -0.39 is 9.84 Å². The van der Waals surface area contributed by atoms with Crippen LogP contribution in [-0.2, 0) is 9.84 Å². The summed E-state index contributed by atoms with van der Waals surface area (Å²) in [5, 5.41) is 3.20. The molecule has 1 fully saturated rings. The number of rotatable bonds is 3. The van der Waals surface area contributed by atoms with E-state index in [2.05, 4.69) is 10.3 Å². The first kappa shape index (κ1) is 12.0. The maximum absolute atomic E-state index is 11.3. The number of pyridine rings is 1. The minimum atomic E-state index is -2.85. The monoisotopic (exact) mass is 254 g/mol. The summed E-state index contributed by atoms with van der Waals surface area (Å²) in [7, 11) is -2.85. The lowest BCUT2D eigenvalue weighted by Crippen LogP contribution is -2.32. The Morgan fingerprint density at radius 3 is 2.71 bits per heavy atom. The molecule has 1 N–H and O–H groups in total. The summed E-state index contributed by atoms with van der Waals surface area (Å²) in [5.74, 6) is 0.429. The number of carbonyl (C=O) groups excluding carboxylic acids is 1. The number of hydrogen-bond acceptors (Lipinski definition) is 5. The average Bonchev–Trinajstić information content (AvgIpc) is 2.32. The second kappa shape index (κ2) is 4.83. The second-order valence-corrected chi connectivity index (χ2v) is 6.45. The van der Waals surface area contributed by atoms with E-state index in [4.69, 9.17) is 0 Å². The summed E-state index contributed by atoms with van der Waals surface area (Å²) in [6, 6.07) is 1.84. The zero-order valence-corrected chi connectivity index (χ0v) is 10.1. The van der Waals surface area contributed by atoms with Crippen molar-refractivity contribution in [1.82, 2.24) is 4.98 Å². The van der Waals surface area contributed by atoms with E-state index in [1.54, 1.807) is 12.3 Å². The molecule has 0 aliphatic carbocycles. The van der Waals surface area contributed by atoms with Crippen molar-refractivity contribution < 1.29 is 13.2 Å². The van der Waals surface area contributed by atoms with Crippen LogP contribution in [0.3, 0.4) is 0 Å². The molecule has 1 saturated heterocycles. The Hall–Kier alpha value is -1.43. The van der Waals surface area contributed by atoms with Crippen molar-refractivity contribution in [3.63, 3.8) is 0 Å². The third-order valence-corrected chi connectivity index (χ3v) is 4.61. The van der Waals surface area contributed by atoms with E-state index in [1.165, 1.54) is 6.20 Å². The Kier molecular flexibility index (Phi) is 3.42. The van der Waals surface area contributed by atoms with Crippen molar-refractivity contribution in [3.8, 4) is 0 Å². The maximum atomic E-state index is 11.3. The fourth-order valence-corrected chi connectivity index (χ4v) is 3.38. The Balaban J connectivity index is 2.05. The van der Waals surface area contributed by atoms with Gasteiger partial charge in [-0.3, -0.25) is 9.78 Å². The fraction of sp³-hybridized carbons (Fsp3) is 0.455. The molecular formula is C11H14N2O3S. The van der Waals surface area contributed by atoms with Gasteiger partial charge in [0.1, 0.15) is 9.84 Å². The summed E-state index contributed by atoms with van der Waals surface area (Å²) < 4.78 is 22.6. The molecule has 1 aromatic rings. The Bertz CT molecular complexity index is 499. The lowest BCUT2D eigenvalue weighted by atomic mass is 10.1. The highest BCUT2D eigenvalue weighted by Crippen LogP contribution is 2.19. The Labute approximate surface area is 100 Å². The fourth-order valence-electron chi connectivity index (χ4n) is 1.89. The number of nitrogens with one attached hydrogen (secondary N) is 1. The topological polar surface area (TPSA) is 76.1 Å². The van der Waals surface area contributed by atoms with Gasteiger partial charge >= 0.3 is 0 Å². The van der Waals surface area contributed by atoms with Crippen molar-refractivity contribution in [1.29, 1.82) is 0 Å². The average molecular weight is 254 g/mol. The van der Waals surface area contributed by atoms with Crippen LogP contribution in [0.5, 0.6) is 0 Å². The lowest BCUT2D eigenvalue weighted by molar-refractivity contribution is 0.112. The van der Waals surface area contributed by atoms with Gasteiger partial charge in [-0.05, 0) is 18.9 Å². The number of sulfone groups is 1. The minimum Gasteiger partial charge on any atom is -0.382 e. The van der Waals surface area contributed by atoms with Crippen LogP contribution in [0.1, 0.15) is 23.2 Å². The highest BCUT2D eigenvalue weighted by atomic mass is 32.2. The van der Waals surface area contributed by atoms with Crippen LogP contribution in [0.2, 0.25) is 0 Å². The standard InChI is InChI=1S/C11H14N2O3S/c14-8-9-7-12-4-1-11(9)13-10-2-5-17(15,16)6-3-10/h1,4,7-8,10H,2-3,5-6H2,(H,12,13). The summed E-state index contributed by atoms with van der Waals surface area (Å²) in [5.41, 5.74) is 1.22. The number of aromatic nitrogens is 1. The zero-order chi connectivity index (χ0) is 12.3. The Morgan fingerprint density at radius 1 is 1.35 bits per heavy atom. The molecular weight excluding hydrogens is 240 g/mol. The first-order valence-electron chi connectivity index (χ1n) is 5.47. The third-order valence-electron chi connectivity index (χ3n) is 2.89. The SMILES string of the molecule is O=Cc1cnccc1NC1CCS(=O)(=O)CC1. The molecule has 0 saturated carbocycles. The molecule has 1 aromatic heterocycles. The molecule has 1 aliphatic heterocycles. The minimum absolute atomic E-state index is 0.111. The smallest absolute Gasteiger partial charge is 0.153 e. The van der Waals surface area contributed by atoms with E-state index >= 15 is 0 Å². The molecule has 6 heteroatoms. The number of aldehydes is 1. The van der Waals surface area contributed by atoms with Crippen molar-refractivity contribution in [2.75, 3.05) is 16.8 Å². The Morgan fingerprint density at radius 2 is 2.06 bits per heavy atom. The van der Waals surface area contributed by atoms with Crippen molar-refractivity contribution in [2.24, 2.45) is 0 Å². The largest absolute Gasteiger partial charge is 0.382 e. The first-order chi connectivity index (χ1) is 8.11. The quantitative estimate of drug-likeness (QED) is 0.810. The van der Waals surface area contributed by atoms with Gasteiger partial charge in [-0.15, -0.1) is 0 Å². The number of anilines is 1. The van der Waals surface area contributed by atoms with Gasteiger partial charge in [0.25, 0.3) is 0 Å². The molecule has 0 spiro atoms. The molecule has 2 rings (SSSR count). The molecule has 0 unspecified atom stereocenters. The van der Waals surface area contributed by atoms with Gasteiger partial charge in [-0.1, -0.05) is 0 Å². The van der Waals surface area contributed by atoms with Gasteiger partial charge < -0.3 is 5.32 Å². The lowest BCUT2D eigenvalue weighted by Gasteiger charge is -2.24. The second-order valence-electron chi connectivity index (χ2n) is 4.15. The van der Waals surface area contributed by atoms with Crippen LogP contribution in [0.25, 0.3) is 0 Å². The predicted molar refractivity (Wildman–Crippen MR) is 64.9 cm³/mol. The van der Waals surface area contributed by atoms with Crippen LogP contribution >= 0.6 is 0 Å². The van der Waals surface area contributed by atoms with Crippen LogP contribution < -0.4 is 5.32 Å². The summed E-state index contributed by atoms with van der Waals surface area (Å²) in [6.45, 7) is 0. The normalized spacial score (nSPS) is 19.8. The van der Waals surface area contributed by atoms with Crippen molar-refractivity contribution in [3.05, 3.63) is 24.0 Å². The van der Waals surface area contributed by atoms with E-state index in [9.17, 15) is 13.2 Å². The van der Waals surface area contributed by atoms with Gasteiger partial charge in [-0.2, -0.15) is 0 Å². The van der Waals surface area contributed by atoms with E-state index in [0.717, 1.165) is 12.0 Å². The molecule has 0 aromatic carbocycles. The highest BCUT2D eigenvalue weighted by molar-refractivity contribution is 7.91. The van der Waals surface area contributed by atoms with Crippen LogP contribution in [-0.4, -0.2) is 37.2 Å².